The third-order valence-corrected chi connectivity index (χ3v) is 2.91. The summed E-state index contributed by atoms with van der Waals surface area (Å²) < 4.78 is 10.6. The van der Waals surface area contributed by atoms with Crippen LogP contribution in [0.5, 0.6) is 0 Å². The largest absolute Gasteiger partial charge is 0.379 e. The van der Waals surface area contributed by atoms with Gasteiger partial charge in [-0.2, -0.15) is 4.98 Å². The van der Waals surface area contributed by atoms with Crippen molar-refractivity contribution in [2.24, 2.45) is 0 Å². The molecule has 1 fully saturated rings. The Balaban J connectivity index is 1.98. The Hall–Kier alpha value is -0.940. The Morgan fingerprint density at radius 1 is 1.38 bits per heavy atom. The number of nitrogens with zero attached hydrogens (tertiary/aromatic N) is 3. The van der Waals surface area contributed by atoms with Crippen molar-refractivity contribution in [2.45, 2.75) is 32.7 Å². The first-order valence-corrected chi connectivity index (χ1v) is 5.95. The molecule has 0 bridgehead atoms. The molecule has 16 heavy (non-hydrogen) atoms. The van der Waals surface area contributed by atoms with Crippen molar-refractivity contribution in [1.29, 1.82) is 0 Å². The first kappa shape index (κ1) is 11.5. The van der Waals surface area contributed by atoms with Crippen molar-refractivity contribution in [1.82, 2.24) is 15.0 Å². The molecule has 1 saturated heterocycles. The molecule has 5 heteroatoms. The molecule has 1 aliphatic rings. The normalized spacial score (nSPS) is 19.9. The smallest absolute Gasteiger partial charge is 0.243 e. The van der Waals surface area contributed by atoms with Crippen LogP contribution in [0.2, 0.25) is 0 Å². The van der Waals surface area contributed by atoms with E-state index in [-0.39, 0.29) is 6.04 Å². The van der Waals surface area contributed by atoms with Crippen LogP contribution in [0.25, 0.3) is 0 Å². The van der Waals surface area contributed by atoms with Crippen molar-refractivity contribution in [3.05, 3.63) is 11.7 Å². The zero-order chi connectivity index (χ0) is 11.4. The number of hydrogen-bond acceptors (Lipinski definition) is 5. The summed E-state index contributed by atoms with van der Waals surface area (Å²) in [5.41, 5.74) is 0. The highest BCUT2D eigenvalue weighted by molar-refractivity contribution is 4.92. The van der Waals surface area contributed by atoms with Gasteiger partial charge in [0.15, 0.2) is 5.82 Å². The van der Waals surface area contributed by atoms with Gasteiger partial charge in [-0.15, -0.1) is 0 Å². The molecule has 0 amide bonds. The molecule has 90 valence electrons. The van der Waals surface area contributed by atoms with Gasteiger partial charge in [0.05, 0.1) is 19.3 Å². The maximum atomic E-state index is 5.32. The van der Waals surface area contributed by atoms with Gasteiger partial charge in [0, 0.05) is 19.5 Å². The van der Waals surface area contributed by atoms with Crippen LogP contribution in [0.3, 0.4) is 0 Å². The number of aryl methyl sites for hydroxylation is 1. The lowest BCUT2D eigenvalue weighted by Gasteiger charge is -2.29. The molecule has 1 aromatic rings. The maximum absolute atomic E-state index is 5.32. The summed E-state index contributed by atoms with van der Waals surface area (Å²) in [6, 6.07) is 0.196. The molecule has 0 saturated carbocycles. The predicted molar refractivity (Wildman–Crippen MR) is 59.1 cm³/mol. The van der Waals surface area contributed by atoms with Gasteiger partial charge in [-0.1, -0.05) is 12.1 Å². The first-order chi connectivity index (χ1) is 7.81. The minimum atomic E-state index is 0.196. The summed E-state index contributed by atoms with van der Waals surface area (Å²) in [6.07, 6.45) is 1.93. The van der Waals surface area contributed by atoms with Crippen molar-refractivity contribution in [2.75, 3.05) is 26.3 Å². The lowest BCUT2D eigenvalue weighted by molar-refractivity contribution is 0.0134. The van der Waals surface area contributed by atoms with Gasteiger partial charge in [0.2, 0.25) is 5.89 Å². The lowest BCUT2D eigenvalue weighted by atomic mass is 10.2. The quantitative estimate of drug-likeness (QED) is 0.775. The monoisotopic (exact) mass is 225 g/mol. The van der Waals surface area contributed by atoms with E-state index in [9.17, 15) is 0 Å². The van der Waals surface area contributed by atoms with E-state index in [0.29, 0.717) is 0 Å². The van der Waals surface area contributed by atoms with Crippen LogP contribution >= 0.6 is 0 Å². The molecule has 1 atom stereocenters. The van der Waals surface area contributed by atoms with E-state index in [4.69, 9.17) is 9.26 Å². The fourth-order valence-electron chi connectivity index (χ4n) is 1.88. The minimum absolute atomic E-state index is 0.196. The predicted octanol–water partition coefficient (Wildman–Crippen LogP) is 1.42. The average molecular weight is 225 g/mol. The van der Waals surface area contributed by atoms with E-state index in [1.165, 1.54) is 0 Å². The van der Waals surface area contributed by atoms with Crippen LogP contribution in [0.1, 0.15) is 38.0 Å². The Morgan fingerprint density at radius 3 is 2.81 bits per heavy atom. The molecule has 2 heterocycles. The van der Waals surface area contributed by atoms with E-state index < -0.39 is 0 Å². The standard InChI is InChI=1S/C11H19N3O2/c1-3-4-10-12-11(16-13-10)9(2)14-5-7-15-8-6-14/h9H,3-8H2,1-2H3/t9-/m1/s1. The van der Waals surface area contributed by atoms with Crippen LogP contribution in [0.4, 0.5) is 0 Å². The second-order valence-corrected chi connectivity index (χ2v) is 4.12. The molecule has 2 rings (SSSR count). The molecule has 1 aliphatic heterocycles. The van der Waals surface area contributed by atoms with Crippen LogP contribution in [0, 0.1) is 0 Å². The highest BCUT2D eigenvalue weighted by Gasteiger charge is 2.23. The Labute approximate surface area is 95.8 Å². The molecule has 0 aromatic carbocycles. The summed E-state index contributed by atoms with van der Waals surface area (Å²) in [4.78, 5) is 6.73. The fourth-order valence-corrected chi connectivity index (χ4v) is 1.88. The zero-order valence-corrected chi connectivity index (χ0v) is 9.98. The van der Waals surface area contributed by atoms with Gasteiger partial charge in [0.1, 0.15) is 0 Å². The van der Waals surface area contributed by atoms with E-state index >= 15 is 0 Å². The Morgan fingerprint density at radius 2 is 2.12 bits per heavy atom. The van der Waals surface area contributed by atoms with Crippen LogP contribution < -0.4 is 0 Å². The van der Waals surface area contributed by atoms with Crippen LogP contribution in [-0.4, -0.2) is 41.3 Å². The zero-order valence-electron chi connectivity index (χ0n) is 9.98. The van der Waals surface area contributed by atoms with E-state index in [1.807, 2.05) is 0 Å². The first-order valence-electron chi connectivity index (χ1n) is 5.95. The van der Waals surface area contributed by atoms with E-state index in [2.05, 4.69) is 28.9 Å². The Kier molecular flexibility index (Phi) is 3.90. The van der Waals surface area contributed by atoms with Gasteiger partial charge in [-0.25, -0.2) is 0 Å². The summed E-state index contributed by atoms with van der Waals surface area (Å²) >= 11 is 0. The molecule has 5 nitrogen and oxygen atoms in total. The molecular weight excluding hydrogens is 206 g/mol. The minimum Gasteiger partial charge on any atom is -0.379 e. The summed E-state index contributed by atoms with van der Waals surface area (Å²) in [5, 5.41) is 3.98. The molecule has 0 spiro atoms. The van der Waals surface area contributed by atoms with Crippen molar-refractivity contribution in [3.8, 4) is 0 Å². The van der Waals surface area contributed by atoms with Crippen molar-refractivity contribution >= 4 is 0 Å². The highest BCUT2D eigenvalue weighted by Crippen LogP contribution is 2.19. The van der Waals surface area contributed by atoms with Gasteiger partial charge in [-0.05, 0) is 13.3 Å². The molecule has 0 N–H and O–H groups in total. The third kappa shape index (κ3) is 2.59. The number of aromatic nitrogens is 2. The number of hydrogen-bond donors (Lipinski definition) is 0. The fraction of sp³-hybridized carbons (Fsp3) is 0.818. The van der Waals surface area contributed by atoms with Crippen LogP contribution in [0.15, 0.2) is 4.52 Å². The lowest BCUT2D eigenvalue weighted by Crippen LogP contribution is -2.38. The van der Waals surface area contributed by atoms with Crippen molar-refractivity contribution < 1.29 is 9.26 Å². The maximum Gasteiger partial charge on any atom is 0.243 e. The van der Waals surface area contributed by atoms with Gasteiger partial charge in [-0.3, -0.25) is 4.90 Å². The average Bonchev–Trinajstić information content (AvgIpc) is 2.78. The molecular formula is C11H19N3O2. The number of morpholine rings is 1. The molecule has 0 radical (unpaired) electrons. The van der Waals surface area contributed by atoms with Gasteiger partial charge in [0.25, 0.3) is 0 Å². The molecule has 0 aliphatic carbocycles. The van der Waals surface area contributed by atoms with E-state index in [0.717, 1.165) is 50.9 Å². The molecule has 0 unspecified atom stereocenters. The van der Waals surface area contributed by atoms with Gasteiger partial charge >= 0.3 is 0 Å². The third-order valence-electron chi connectivity index (χ3n) is 2.91. The second kappa shape index (κ2) is 5.41. The Bertz CT molecular complexity index is 321. The summed E-state index contributed by atoms with van der Waals surface area (Å²) in [6.45, 7) is 7.68. The van der Waals surface area contributed by atoms with Crippen molar-refractivity contribution in [3.63, 3.8) is 0 Å². The highest BCUT2D eigenvalue weighted by atomic mass is 16.5. The summed E-state index contributed by atoms with van der Waals surface area (Å²) in [7, 11) is 0. The van der Waals surface area contributed by atoms with Gasteiger partial charge < -0.3 is 9.26 Å². The van der Waals surface area contributed by atoms with E-state index in [1.54, 1.807) is 0 Å². The van der Waals surface area contributed by atoms with Crippen LogP contribution in [-0.2, 0) is 11.2 Å². The molecule has 1 aromatic heterocycles. The SMILES string of the molecule is CCCc1noc([C@@H](C)N2CCOCC2)n1. The topological polar surface area (TPSA) is 51.4 Å². The number of rotatable bonds is 4. The summed E-state index contributed by atoms with van der Waals surface area (Å²) in [5.74, 6) is 1.54. The second-order valence-electron chi connectivity index (χ2n) is 4.12. The number of ether oxygens (including phenoxy) is 1.